The fourth-order valence-electron chi connectivity index (χ4n) is 8.01. The first-order valence-corrected chi connectivity index (χ1v) is 17.1. The predicted octanol–water partition coefficient (Wildman–Crippen LogP) is 10.7. The Morgan fingerprint density at radius 2 is 1.60 bits per heavy atom. The minimum Gasteiger partial charge on any atom is -0.455 e. The van der Waals surface area contributed by atoms with Crippen LogP contribution in [0.2, 0.25) is 0 Å². The third kappa shape index (κ3) is 5.03. The quantitative estimate of drug-likeness (QED) is 0.199. The van der Waals surface area contributed by atoms with Crippen LogP contribution in [0.15, 0.2) is 161 Å². The zero-order valence-corrected chi connectivity index (χ0v) is 26.5. The first kappa shape index (κ1) is 28.1. The Labute approximate surface area is 276 Å². The molecule has 1 aromatic heterocycles. The van der Waals surface area contributed by atoms with Crippen molar-refractivity contribution in [1.29, 1.82) is 0 Å². The van der Waals surface area contributed by atoms with E-state index in [0.717, 1.165) is 66.3 Å². The summed E-state index contributed by atoms with van der Waals surface area (Å²) in [6.07, 6.45) is 23.5. The lowest BCUT2D eigenvalue weighted by molar-refractivity contribution is 0.660. The van der Waals surface area contributed by atoms with Gasteiger partial charge >= 0.3 is 0 Å². The molecule has 1 N–H and O–H groups in total. The van der Waals surface area contributed by atoms with Crippen LogP contribution in [-0.2, 0) is 6.54 Å². The van der Waals surface area contributed by atoms with Crippen molar-refractivity contribution in [1.82, 2.24) is 5.32 Å². The molecule has 2 atom stereocenters. The van der Waals surface area contributed by atoms with Gasteiger partial charge in [0.05, 0.1) is 6.04 Å². The number of para-hydroxylation sites is 2. The van der Waals surface area contributed by atoms with Gasteiger partial charge in [-0.05, 0) is 83.4 Å². The average molecular weight is 611 g/mol. The predicted molar refractivity (Wildman–Crippen MR) is 196 cm³/mol. The van der Waals surface area contributed by atoms with E-state index in [1.54, 1.807) is 5.57 Å². The normalized spacial score (nSPS) is 20.1. The molecule has 0 fully saturated rings. The van der Waals surface area contributed by atoms with Crippen LogP contribution >= 0.6 is 0 Å². The van der Waals surface area contributed by atoms with Crippen molar-refractivity contribution in [2.24, 2.45) is 5.92 Å². The Bertz CT molecular complexity index is 2200. The molecule has 9 rings (SSSR count). The van der Waals surface area contributed by atoms with Crippen LogP contribution in [0, 0.1) is 5.92 Å². The van der Waals surface area contributed by atoms with Gasteiger partial charge in [0.1, 0.15) is 11.2 Å². The smallest absolute Gasteiger partial charge is 0.143 e. The summed E-state index contributed by atoms with van der Waals surface area (Å²) in [5.74, 6) is 0.343. The van der Waals surface area contributed by atoms with Crippen LogP contribution in [0.3, 0.4) is 0 Å². The van der Waals surface area contributed by atoms with E-state index < -0.39 is 0 Å². The molecular weight excluding hydrogens is 572 g/mol. The van der Waals surface area contributed by atoms with Gasteiger partial charge in [-0.15, -0.1) is 0 Å². The molecule has 0 saturated heterocycles. The van der Waals surface area contributed by atoms with Gasteiger partial charge in [0.25, 0.3) is 0 Å². The molecule has 3 aliphatic carbocycles. The number of nitrogens with one attached hydrogen (secondary N) is 1. The molecule has 0 spiro atoms. The van der Waals surface area contributed by atoms with Crippen molar-refractivity contribution in [2.75, 3.05) is 11.4 Å². The molecule has 47 heavy (non-hydrogen) atoms. The number of allylic oxidation sites excluding steroid dienone is 6. The fourth-order valence-corrected chi connectivity index (χ4v) is 8.01. The molecule has 0 saturated carbocycles. The van der Waals surface area contributed by atoms with Crippen molar-refractivity contribution in [3.05, 3.63) is 168 Å². The van der Waals surface area contributed by atoms with E-state index in [-0.39, 0.29) is 6.04 Å². The van der Waals surface area contributed by atoms with E-state index >= 15 is 0 Å². The molecule has 5 aromatic rings. The minimum atomic E-state index is 0.249. The van der Waals surface area contributed by atoms with Gasteiger partial charge in [0.15, 0.2) is 0 Å². The Balaban J connectivity index is 1.04. The fraction of sp³-hybridized carbons (Fsp3) is 0.182. The monoisotopic (exact) mass is 610 g/mol. The van der Waals surface area contributed by atoms with Crippen molar-refractivity contribution in [2.45, 2.75) is 38.3 Å². The van der Waals surface area contributed by atoms with E-state index in [4.69, 9.17) is 4.42 Å². The molecule has 1 aliphatic heterocycles. The van der Waals surface area contributed by atoms with Crippen LogP contribution in [-0.4, -0.2) is 12.6 Å². The Hall–Kier alpha value is -5.12. The van der Waals surface area contributed by atoms with E-state index in [1.807, 2.05) is 6.07 Å². The average Bonchev–Trinajstić information content (AvgIpc) is 3.68. The molecular formula is C44H38N2O. The summed E-state index contributed by atoms with van der Waals surface area (Å²) in [7, 11) is 0. The highest BCUT2D eigenvalue weighted by Gasteiger charge is 2.40. The number of furan rings is 1. The zero-order chi connectivity index (χ0) is 31.2. The first-order chi connectivity index (χ1) is 23.3. The van der Waals surface area contributed by atoms with Crippen LogP contribution in [0.4, 0.5) is 5.69 Å². The van der Waals surface area contributed by atoms with Gasteiger partial charge in [0, 0.05) is 46.7 Å². The lowest BCUT2D eigenvalue weighted by Crippen LogP contribution is -2.33. The second kappa shape index (κ2) is 11.9. The maximum atomic E-state index is 6.43. The number of hydrogen-bond donors (Lipinski definition) is 1. The molecule has 3 heteroatoms. The van der Waals surface area contributed by atoms with Crippen molar-refractivity contribution >= 4 is 33.2 Å². The van der Waals surface area contributed by atoms with Gasteiger partial charge in [-0.25, -0.2) is 0 Å². The third-order valence-corrected chi connectivity index (χ3v) is 10.2. The van der Waals surface area contributed by atoms with E-state index in [9.17, 15) is 0 Å². The van der Waals surface area contributed by atoms with Crippen LogP contribution in [0.25, 0.3) is 38.6 Å². The standard InChI is InChI=1S/C44H38N2O/c1-2-12-30(13-3-1)28-45-29-33-14-4-5-17-35(33)32-24-25-42-40(27-32)37-18-6-8-22-41(37)46(42)34-16-10-15-31(26-34)36-20-11-21-39-38-19-7-9-23-43(38)47-44(36)39/h2,4-5,7-17,19-27,40,42,45H,1,3,6,18,28-29H2. The number of rotatable bonds is 7. The van der Waals surface area contributed by atoms with Crippen molar-refractivity contribution < 1.29 is 4.42 Å². The highest BCUT2D eigenvalue weighted by Crippen LogP contribution is 2.47. The van der Waals surface area contributed by atoms with Gasteiger partial charge in [-0.3, -0.25) is 0 Å². The maximum Gasteiger partial charge on any atom is 0.143 e. The van der Waals surface area contributed by atoms with E-state index in [2.05, 4.69) is 144 Å². The Morgan fingerprint density at radius 3 is 2.55 bits per heavy atom. The Kier molecular flexibility index (Phi) is 7.13. The largest absolute Gasteiger partial charge is 0.455 e. The molecule has 4 aliphatic rings. The summed E-state index contributed by atoms with van der Waals surface area (Å²) < 4.78 is 6.43. The van der Waals surface area contributed by atoms with E-state index in [1.165, 1.54) is 39.2 Å². The first-order valence-electron chi connectivity index (χ1n) is 17.1. The lowest BCUT2D eigenvalue weighted by Gasteiger charge is -2.31. The van der Waals surface area contributed by atoms with Gasteiger partial charge in [-0.1, -0.05) is 115 Å². The van der Waals surface area contributed by atoms with Gasteiger partial charge < -0.3 is 14.6 Å². The summed E-state index contributed by atoms with van der Waals surface area (Å²) >= 11 is 0. The van der Waals surface area contributed by atoms with Gasteiger partial charge in [-0.2, -0.15) is 0 Å². The summed E-state index contributed by atoms with van der Waals surface area (Å²) in [6.45, 7) is 1.76. The molecule has 0 radical (unpaired) electrons. The lowest BCUT2D eigenvalue weighted by atomic mass is 9.82. The topological polar surface area (TPSA) is 28.4 Å². The number of benzene rings is 4. The molecule has 2 unspecified atom stereocenters. The molecule has 0 bridgehead atoms. The molecule has 0 amide bonds. The molecule has 2 heterocycles. The highest BCUT2D eigenvalue weighted by atomic mass is 16.3. The summed E-state index contributed by atoms with van der Waals surface area (Å²) in [4.78, 5) is 2.57. The molecule has 4 aromatic carbocycles. The summed E-state index contributed by atoms with van der Waals surface area (Å²) in [5.41, 5.74) is 13.7. The second-order valence-corrected chi connectivity index (χ2v) is 13.1. The SMILES string of the molecule is C1=CC(CNCc2ccccc2C2=CC3C4=C(C=CCC4)N(c4cccc(-c5cccc6c5oc5ccccc56)c4)C3C=C2)=CCC1. The van der Waals surface area contributed by atoms with Crippen LogP contribution < -0.4 is 10.2 Å². The van der Waals surface area contributed by atoms with Crippen molar-refractivity contribution in [3.8, 4) is 11.1 Å². The molecule has 230 valence electrons. The van der Waals surface area contributed by atoms with Gasteiger partial charge in [0.2, 0.25) is 0 Å². The molecule has 3 nitrogen and oxygen atoms in total. The second-order valence-electron chi connectivity index (χ2n) is 13.1. The Morgan fingerprint density at radius 1 is 0.745 bits per heavy atom. The van der Waals surface area contributed by atoms with Crippen LogP contribution in [0.1, 0.15) is 36.8 Å². The highest BCUT2D eigenvalue weighted by molar-refractivity contribution is 6.09. The van der Waals surface area contributed by atoms with Crippen molar-refractivity contribution in [3.63, 3.8) is 0 Å². The third-order valence-electron chi connectivity index (χ3n) is 10.2. The summed E-state index contributed by atoms with van der Waals surface area (Å²) in [6, 6.07) is 33.0. The number of anilines is 1. The minimum absolute atomic E-state index is 0.249. The number of fused-ring (bicyclic) bond motifs is 5. The van der Waals surface area contributed by atoms with Crippen LogP contribution in [0.5, 0.6) is 0 Å². The number of hydrogen-bond acceptors (Lipinski definition) is 3. The maximum absolute atomic E-state index is 6.43. The number of nitrogens with zero attached hydrogens (tertiary/aromatic N) is 1. The summed E-state index contributed by atoms with van der Waals surface area (Å²) in [5, 5.41) is 6.03. The zero-order valence-electron chi connectivity index (χ0n) is 26.5. The van der Waals surface area contributed by atoms with E-state index in [0.29, 0.717) is 5.92 Å².